The molecule has 6 nitrogen and oxygen atoms in total. The van der Waals surface area contributed by atoms with Crippen LogP contribution < -0.4 is 5.32 Å². The van der Waals surface area contributed by atoms with E-state index in [0.29, 0.717) is 26.2 Å². The highest BCUT2D eigenvalue weighted by atomic mass is 32.1. The third-order valence-electron chi connectivity index (χ3n) is 2.78. The van der Waals surface area contributed by atoms with Gasteiger partial charge >= 0.3 is 6.09 Å². The number of aromatic nitrogens is 1. The van der Waals surface area contributed by atoms with Crippen molar-refractivity contribution in [1.82, 2.24) is 15.2 Å². The Morgan fingerprint density at radius 2 is 2.29 bits per heavy atom. The molecule has 0 unspecified atom stereocenters. The number of aryl methyl sites for hydroxylation is 1. The molecule has 116 valence electrons. The van der Waals surface area contributed by atoms with E-state index in [-0.39, 0.29) is 6.09 Å². The lowest BCUT2D eigenvalue weighted by atomic mass is 10.2. The highest BCUT2D eigenvalue weighted by Crippen LogP contribution is 2.11. The van der Waals surface area contributed by atoms with Gasteiger partial charge in [0.2, 0.25) is 0 Å². The number of rotatable bonds is 2. The van der Waals surface area contributed by atoms with Crippen LogP contribution in [0.3, 0.4) is 0 Å². The number of ether oxygens (including phenoxy) is 1. The highest BCUT2D eigenvalue weighted by Gasteiger charge is 2.24. The number of carbonyl (C=O) groups is 1. The molecule has 0 aromatic carbocycles. The second-order valence-electron chi connectivity index (χ2n) is 5.97. The van der Waals surface area contributed by atoms with Gasteiger partial charge in [0.25, 0.3) is 0 Å². The Bertz CT molecular complexity index is 533. The lowest BCUT2D eigenvalue weighted by Crippen LogP contribution is -2.47. The van der Waals surface area contributed by atoms with Crippen molar-refractivity contribution in [2.45, 2.75) is 39.8 Å². The fourth-order valence-electron chi connectivity index (χ4n) is 1.87. The van der Waals surface area contributed by atoms with Crippen LogP contribution in [0.2, 0.25) is 0 Å². The van der Waals surface area contributed by atoms with Gasteiger partial charge in [0, 0.05) is 17.6 Å². The number of hydrogen-bond donors (Lipinski definition) is 1. The molecule has 1 aliphatic heterocycles. The van der Waals surface area contributed by atoms with E-state index in [2.05, 4.69) is 15.3 Å². The number of nitrogens with zero attached hydrogens (tertiary/aromatic N) is 3. The molecule has 0 aliphatic carbocycles. The maximum Gasteiger partial charge on any atom is 0.410 e. The minimum absolute atomic E-state index is 0.290. The predicted molar refractivity (Wildman–Crippen MR) is 83.8 cm³/mol. The van der Waals surface area contributed by atoms with Crippen LogP contribution >= 0.6 is 11.3 Å². The summed E-state index contributed by atoms with van der Waals surface area (Å²) in [6.07, 6.45) is -0.290. The zero-order valence-electron chi connectivity index (χ0n) is 13.0. The topological polar surface area (TPSA) is 66.8 Å². The molecule has 1 aliphatic rings. The number of hydrogen-bond acceptors (Lipinski definition) is 6. The van der Waals surface area contributed by atoms with Crippen molar-refractivity contribution in [3.8, 4) is 0 Å². The first-order valence-electron chi connectivity index (χ1n) is 6.99. The molecule has 0 fully saturated rings. The maximum absolute atomic E-state index is 12.0. The molecular formula is C14H22N4O2S. The fraction of sp³-hybridized carbons (Fsp3) is 0.643. The SMILES string of the molecule is Cc1csc(CNC2=NCCN(C(=O)OC(C)(C)C)C2)n1. The van der Waals surface area contributed by atoms with Crippen LogP contribution in [-0.2, 0) is 11.3 Å². The van der Waals surface area contributed by atoms with Gasteiger partial charge in [-0.1, -0.05) is 0 Å². The molecule has 21 heavy (non-hydrogen) atoms. The first-order chi connectivity index (χ1) is 9.83. The van der Waals surface area contributed by atoms with E-state index in [0.717, 1.165) is 16.5 Å². The zero-order valence-corrected chi connectivity index (χ0v) is 13.8. The van der Waals surface area contributed by atoms with E-state index >= 15 is 0 Å². The zero-order chi connectivity index (χ0) is 15.5. The third-order valence-corrected chi connectivity index (χ3v) is 3.74. The molecular weight excluding hydrogens is 288 g/mol. The Balaban J connectivity index is 1.85. The minimum Gasteiger partial charge on any atom is -0.444 e. The molecule has 0 radical (unpaired) electrons. The minimum atomic E-state index is -0.475. The molecule has 1 N–H and O–H groups in total. The van der Waals surface area contributed by atoms with Crippen molar-refractivity contribution in [1.29, 1.82) is 0 Å². The van der Waals surface area contributed by atoms with Crippen molar-refractivity contribution in [2.75, 3.05) is 19.6 Å². The summed E-state index contributed by atoms with van der Waals surface area (Å²) in [5, 5.41) is 6.29. The molecule has 1 amide bonds. The van der Waals surface area contributed by atoms with Crippen LogP contribution in [0.25, 0.3) is 0 Å². The summed E-state index contributed by atoms with van der Waals surface area (Å²) in [4.78, 5) is 22.5. The normalized spacial score (nSPS) is 15.6. The standard InChI is InChI=1S/C14H22N4O2S/c1-10-9-21-12(17-10)7-16-11-8-18(6-5-15-11)13(19)20-14(2,3)4/h9H,5-8H2,1-4H3,(H,15,16). The van der Waals surface area contributed by atoms with Gasteiger partial charge in [-0.3, -0.25) is 9.89 Å². The maximum atomic E-state index is 12.0. The van der Waals surface area contributed by atoms with Crippen molar-refractivity contribution in [2.24, 2.45) is 4.99 Å². The van der Waals surface area contributed by atoms with Gasteiger partial charge in [-0.05, 0) is 27.7 Å². The Kier molecular flexibility index (Phi) is 4.82. The molecule has 0 spiro atoms. The molecule has 0 saturated heterocycles. The number of amidine groups is 1. The van der Waals surface area contributed by atoms with Crippen molar-refractivity contribution < 1.29 is 9.53 Å². The van der Waals surface area contributed by atoms with Crippen LogP contribution in [0.15, 0.2) is 10.4 Å². The summed E-state index contributed by atoms with van der Waals surface area (Å²) < 4.78 is 5.39. The Morgan fingerprint density at radius 1 is 1.52 bits per heavy atom. The summed E-state index contributed by atoms with van der Waals surface area (Å²) >= 11 is 1.62. The van der Waals surface area contributed by atoms with Crippen LogP contribution in [0.5, 0.6) is 0 Å². The summed E-state index contributed by atoms with van der Waals surface area (Å²) in [5.74, 6) is 0.806. The van der Waals surface area contributed by atoms with E-state index in [9.17, 15) is 4.79 Å². The first kappa shape index (κ1) is 15.8. The quantitative estimate of drug-likeness (QED) is 0.909. The Morgan fingerprint density at radius 3 is 2.90 bits per heavy atom. The largest absolute Gasteiger partial charge is 0.444 e. The van der Waals surface area contributed by atoms with Crippen molar-refractivity contribution in [3.05, 3.63) is 16.1 Å². The lowest BCUT2D eigenvalue weighted by Gasteiger charge is -2.29. The van der Waals surface area contributed by atoms with E-state index in [4.69, 9.17) is 4.74 Å². The molecule has 0 saturated carbocycles. The van der Waals surface area contributed by atoms with E-state index in [1.165, 1.54) is 0 Å². The second-order valence-corrected chi connectivity index (χ2v) is 6.91. The van der Waals surface area contributed by atoms with Gasteiger partial charge in [0.1, 0.15) is 16.4 Å². The van der Waals surface area contributed by atoms with Gasteiger partial charge in [-0.2, -0.15) is 0 Å². The molecule has 1 aromatic heterocycles. The van der Waals surface area contributed by atoms with Gasteiger partial charge in [-0.25, -0.2) is 9.78 Å². The molecule has 1 aromatic rings. The van der Waals surface area contributed by atoms with Crippen molar-refractivity contribution >= 4 is 23.3 Å². The number of thiazole rings is 1. The Labute approximate surface area is 129 Å². The Hall–Kier alpha value is -1.63. The second kappa shape index (κ2) is 6.43. The number of amides is 1. The molecule has 7 heteroatoms. The van der Waals surface area contributed by atoms with Crippen LogP contribution in [-0.4, -0.2) is 47.0 Å². The summed E-state index contributed by atoms with van der Waals surface area (Å²) in [6, 6.07) is 0. The van der Waals surface area contributed by atoms with Crippen LogP contribution in [0, 0.1) is 6.92 Å². The number of carbonyl (C=O) groups excluding carboxylic acids is 1. The smallest absolute Gasteiger partial charge is 0.410 e. The first-order valence-corrected chi connectivity index (χ1v) is 7.87. The summed E-state index contributed by atoms with van der Waals surface area (Å²) in [6.45, 7) is 9.86. The average Bonchev–Trinajstić information content (AvgIpc) is 2.81. The van der Waals surface area contributed by atoms with Gasteiger partial charge < -0.3 is 10.1 Å². The van der Waals surface area contributed by atoms with Gasteiger partial charge in [0.05, 0.1) is 19.6 Å². The summed E-state index contributed by atoms with van der Waals surface area (Å²) in [7, 11) is 0. The molecule has 2 rings (SSSR count). The molecule has 2 heterocycles. The predicted octanol–water partition coefficient (Wildman–Crippen LogP) is 2.19. The number of nitrogens with one attached hydrogen (secondary N) is 1. The molecule has 0 bridgehead atoms. The molecule has 0 atom stereocenters. The average molecular weight is 310 g/mol. The fourth-order valence-corrected chi connectivity index (χ4v) is 2.58. The van der Waals surface area contributed by atoms with E-state index in [1.54, 1.807) is 16.2 Å². The van der Waals surface area contributed by atoms with Crippen molar-refractivity contribution in [3.63, 3.8) is 0 Å². The van der Waals surface area contributed by atoms with Crippen LogP contribution in [0.4, 0.5) is 4.79 Å². The van der Waals surface area contributed by atoms with Gasteiger partial charge in [-0.15, -0.1) is 11.3 Å². The van der Waals surface area contributed by atoms with E-state index < -0.39 is 5.60 Å². The number of aliphatic imine (C=N–C) groups is 1. The monoisotopic (exact) mass is 310 g/mol. The van der Waals surface area contributed by atoms with E-state index in [1.807, 2.05) is 33.1 Å². The third kappa shape index (κ3) is 5.00. The van der Waals surface area contributed by atoms with Crippen LogP contribution in [0.1, 0.15) is 31.5 Å². The van der Waals surface area contributed by atoms with Gasteiger partial charge in [0.15, 0.2) is 0 Å². The lowest BCUT2D eigenvalue weighted by molar-refractivity contribution is 0.0276. The highest BCUT2D eigenvalue weighted by molar-refractivity contribution is 7.09. The summed E-state index contributed by atoms with van der Waals surface area (Å²) in [5.41, 5.74) is 0.551.